The Morgan fingerprint density at radius 2 is 1.79 bits per heavy atom. The molecule has 0 saturated heterocycles. The number of carbonyl (C=O) groups excluding carboxylic acids is 3. The molecule has 0 heterocycles. The van der Waals surface area contributed by atoms with Crippen LogP contribution in [0.15, 0.2) is 11.1 Å². The molecule has 6 heteroatoms. The van der Waals surface area contributed by atoms with Crippen LogP contribution in [0.2, 0.25) is 0 Å². The summed E-state index contributed by atoms with van der Waals surface area (Å²) in [5, 5.41) is 0. The molecular formula is C27H45NO5. The van der Waals surface area contributed by atoms with Crippen molar-refractivity contribution in [3.05, 3.63) is 11.1 Å². The molecule has 3 atom stereocenters. The molecule has 2 rings (SSSR count). The molecule has 0 spiro atoms. The van der Waals surface area contributed by atoms with Crippen molar-refractivity contribution in [3.63, 3.8) is 0 Å². The first-order valence-electron chi connectivity index (χ1n) is 12.9. The summed E-state index contributed by atoms with van der Waals surface area (Å²) in [5.74, 6) is -1.03. The summed E-state index contributed by atoms with van der Waals surface area (Å²) in [6.07, 6.45) is 11.0. The van der Waals surface area contributed by atoms with Gasteiger partial charge in [0.2, 0.25) is 0 Å². The average molecular weight is 464 g/mol. The fourth-order valence-electron chi connectivity index (χ4n) is 4.98. The molecule has 0 aromatic heterocycles. The molecule has 0 radical (unpaired) electrons. The average Bonchev–Trinajstić information content (AvgIpc) is 2.75. The van der Waals surface area contributed by atoms with E-state index in [1.807, 2.05) is 6.92 Å². The number of ether oxygens (including phenoxy) is 1. The molecule has 0 aromatic rings. The molecule has 2 aliphatic rings. The number of hydroxylamine groups is 1. The van der Waals surface area contributed by atoms with Crippen molar-refractivity contribution in [2.24, 2.45) is 10.8 Å². The van der Waals surface area contributed by atoms with Gasteiger partial charge >= 0.3 is 11.9 Å². The normalized spacial score (nSPS) is 24.3. The Kier molecular flexibility index (Phi) is 10.1. The molecular weight excluding hydrogens is 418 g/mol. The predicted octanol–water partition coefficient (Wildman–Crippen LogP) is 5.98. The van der Waals surface area contributed by atoms with E-state index in [2.05, 4.69) is 19.3 Å². The lowest BCUT2D eigenvalue weighted by Gasteiger charge is -2.43. The summed E-state index contributed by atoms with van der Waals surface area (Å²) in [6.45, 7) is 11.5. The quantitative estimate of drug-likeness (QED) is 0.231. The van der Waals surface area contributed by atoms with E-state index in [1.54, 1.807) is 20.8 Å². The second-order valence-electron chi connectivity index (χ2n) is 11.2. The van der Waals surface area contributed by atoms with E-state index in [4.69, 9.17) is 9.57 Å². The molecule has 6 nitrogen and oxygen atoms in total. The number of unbranched alkanes of at least 4 members (excludes halogenated alkanes) is 5. The highest BCUT2D eigenvalue weighted by Crippen LogP contribution is 2.49. The monoisotopic (exact) mass is 463 g/mol. The van der Waals surface area contributed by atoms with Gasteiger partial charge in [-0.3, -0.25) is 9.59 Å². The van der Waals surface area contributed by atoms with Crippen molar-refractivity contribution < 1.29 is 24.0 Å². The first-order chi connectivity index (χ1) is 15.5. The summed E-state index contributed by atoms with van der Waals surface area (Å²) in [7, 11) is 0. The van der Waals surface area contributed by atoms with Gasteiger partial charge < -0.3 is 9.57 Å². The number of hydrogen-bond donors (Lipinski definition) is 1. The number of ketones is 1. The van der Waals surface area contributed by atoms with Gasteiger partial charge in [0.05, 0.1) is 5.41 Å². The fraction of sp³-hybridized carbons (Fsp3) is 0.815. The first-order valence-corrected chi connectivity index (χ1v) is 12.9. The van der Waals surface area contributed by atoms with Gasteiger partial charge in [0.1, 0.15) is 6.04 Å². The van der Waals surface area contributed by atoms with Crippen molar-refractivity contribution in [2.45, 2.75) is 131 Å². The molecule has 1 unspecified atom stereocenters. The number of hydrogen-bond acceptors (Lipinski definition) is 6. The van der Waals surface area contributed by atoms with Gasteiger partial charge in [-0.05, 0) is 64.4 Å². The highest BCUT2D eigenvalue weighted by molar-refractivity contribution is 6.01. The van der Waals surface area contributed by atoms with Gasteiger partial charge in [0.15, 0.2) is 11.9 Å². The fourth-order valence-corrected chi connectivity index (χ4v) is 4.98. The third kappa shape index (κ3) is 7.66. The molecule has 0 bridgehead atoms. The Morgan fingerprint density at radius 3 is 2.45 bits per heavy atom. The molecule has 0 aliphatic heterocycles. The molecule has 1 N–H and O–H groups in total. The molecule has 1 saturated carbocycles. The Bertz CT molecular complexity index is 735. The zero-order chi connectivity index (χ0) is 24.6. The summed E-state index contributed by atoms with van der Waals surface area (Å²) in [4.78, 5) is 43.6. The number of allylic oxidation sites excluding steroid dienone is 1. The maximum Gasteiger partial charge on any atom is 0.330 e. The number of Topliss-reactive ketones (excluding diaryl/α,β-unsaturated/α-hetero) is 1. The van der Waals surface area contributed by atoms with Gasteiger partial charge in [0.25, 0.3) is 0 Å². The lowest BCUT2D eigenvalue weighted by Crippen LogP contribution is -2.46. The molecule has 2 aliphatic carbocycles. The van der Waals surface area contributed by atoms with Gasteiger partial charge in [0, 0.05) is 6.42 Å². The van der Waals surface area contributed by atoms with Gasteiger partial charge in [-0.1, -0.05) is 64.4 Å². The van der Waals surface area contributed by atoms with Crippen molar-refractivity contribution in [1.82, 2.24) is 5.48 Å². The molecule has 33 heavy (non-hydrogen) atoms. The highest BCUT2D eigenvalue weighted by atomic mass is 16.7. The van der Waals surface area contributed by atoms with Crippen LogP contribution >= 0.6 is 0 Å². The Morgan fingerprint density at radius 1 is 1.12 bits per heavy atom. The van der Waals surface area contributed by atoms with Crippen molar-refractivity contribution in [3.8, 4) is 0 Å². The van der Waals surface area contributed by atoms with Crippen molar-refractivity contribution in [1.29, 1.82) is 0 Å². The smallest absolute Gasteiger partial charge is 0.330 e. The van der Waals surface area contributed by atoms with E-state index in [0.717, 1.165) is 50.5 Å². The van der Waals surface area contributed by atoms with E-state index in [-0.39, 0.29) is 11.2 Å². The van der Waals surface area contributed by atoms with E-state index in [9.17, 15) is 14.4 Å². The number of nitrogens with one attached hydrogen (secondary N) is 1. The zero-order valence-corrected chi connectivity index (χ0v) is 21.7. The summed E-state index contributed by atoms with van der Waals surface area (Å²) < 4.78 is 5.79. The SMILES string of the molecule is CCCCCCCCC(NOC(=O)C(C)(C)C)C(=O)O[C@@H]1C[C@]2(C)CCCCC2=C(C)C1=O. The van der Waals surface area contributed by atoms with E-state index >= 15 is 0 Å². The van der Waals surface area contributed by atoms with Crippen LogP contribution in [0.3, 0.4) is 0 Å². The van der Waals surface area contributed by atoms with Crippen LogP contribution in [-0.4, -0.2) is 29.9 Å². The maximum atomic E-state index is 13.1. The van der Waals surface area contributed by atoms with Crippen LogP contribution in [0.25, 0.3) is 0 Å². The first kappa shape index (κ1) is 27.6. The largest absolute Gasteiger partial charge is 0.453 e. The molecule has 188 valence electrons. The minimum absolute atomic E-state index is 0.0808. The number of carbonyl (C=O) groups is 3. The van der Waals surface area contributed by atoms with Crippen LogP contribution < -0.4 is 5.48 Å². The number of fused-ring (bicyclic) bond motifs is 1. The van der Waals surface area contributed by atoms with Crippen LogP contribution in [0.5, 0.6) is 0 Å². The van der Waals surface area contributed by atoms with Crippen molar-refractivity contribution in [2.75, 3.05) is 0 Å². The van der Waals surface area contributed by atoms with Crippen LogP contribution in [0.4, 0.5) is 0 Å². The summed E-state index contributed by atoms with van der Waals surface area (Å²) in [6, 6.07) is -0.778. The molecule has 1 fully saturated rings. The van der Waals surface area contributed by atoms with E-state index < -0.39 is 29.5 Å². The van der Waals surface area contributed by atoms with E-state index in [0.29, 0.717) is 12.8 Å². The topological polar surface area (TPSA) is 81.7 Å². The number of esters is 1. The minimum Gasteiger partial charge on any atom is -0.453 e. The summed E-state index contributed by atoms with van der Waals surface area (Å²) >= 11 is 0. The Balaban J connectivity index is 2.03. The number of rotatable bonds is 11. The maximum absolute atomic E-state index is 13.1. The second-order valence-corrected chi connectivity index (χ2v) is 11.2. The predicted molar refractivity (Wildman–Crippen MR) is 129 cm³/mol. The lowest BCUT2D eigenvalue weighted by atomic mass is 9.63. The highest BCUT2D eigenvalue weighted by Gasteiger charge is 2.44. The Hall–Kier alpha value is -1.69. The van der Waals surface area contributed by atoms with Crippen LogP contribution in [0, 0.1) is 10.8 Å². The van der Waals surface area contributed by atoms with Gasteiger partial charge in [-0.15, -0.1) is 5.48 Å². The Labute approximate surface area is 200 Å². The van der Waals surface area contributed by atoms with Gasteiger partial charge in [-0.25, -0.2) is 4.79 Å². The van der Waals surface area contributed by atoms with E-state index in [1.165, 1.54) is 24.8 Å². The van der Waals surface area contributed by atoms with Gasteiger partial charge in [-0.2, -0.15) is 0 Å². The lowest BCUT2D eigenvalue weighted by molar-refractivity contribution is -0.171. The van der Waals surface area contributed by atoms with Crippen molar-refractivity contribution >= 4 is 17.7 Å². The standard InChI is InChI=1S/C27H45NO5/c1-7-8-9-10-11-12-16-21(28-33-25(31)26(3,4)5)24(30)32-22-18-27(6)17-14-13-15-20(27)19(2)23(22)29/h21-22,28H,7-18H2,1-6H3/t21?,22-,27+/m1/s1. The van der Waals surface area contributed by atoms with Crippen LogP contribution in [-0.2, 0) is 24.0 Å². The zero-order valence-electron chi connectivity index (χ0n) is 21.7. The minimum atomic E-state index is -0.778. The second kappa shape index (κ2) is 12.1. The molecule has 0 aromatic carbocycles. The third-order valence-electron chi connectivity index (χ3n) is 7.18. The molecule has 0 amide bonds. The van der Waals surface area contributed by atoms with Crippen LogP contribution in [0.1, 0.15) is 119 Å². The third-order valence-corrected chi connectivity index (χ3v) is 7.18. The summed E-state index contributed by atoms with van der Waals surface area (Å²) in [5.41, 5.74) is 3.90.